The molecule has 18 heavy (non-hydrogen) atoms. The monoisotopic (exact) mass is 251 g/mol. The number of piperidine rings is 1. The Morgan fingerprint density at radius 3 is 2.50 bits per heavy atom. The summed E-state index contributed by atoms with van der Waals surface area (Å²) in [5, 5.41) is 0. The van der Waals surface area contributed by atoms with Crippen molar-refractivity contribution >= 4 is 0 Å². The maximum atomic E-state index is 6.10. The zero-order valence-corrected chi connectivity index (χ0v) is 11.7. The van der Waals surface area contributed by atoms with E-state index in [0.29, 0.717) is 6.04 Å². The number of nitrogens with two attached hydrogens (primary N) is 1. The maximum Gasteiger partial charge on any atom is 0.0247 e. The summed E-state index contributed by atoms with van der Waals surface area (Å²) in [6.45, 7) is 6.05. The molecule has 3 heteroatoms. The predicted molar refractivity (Wildman–Crippen MR) is 75.6 cm³/mol. The van der Waals surface area contributed by atoms with E-state index in [1.807, 2.05) is 0 Å². The van der Waals surface area contributed by atoms with Crippen molar-refractivity contribution in [3.63, 3.8) is 0 Å². The van der Waals surface area contributed by atoms with Crippen LogP contribution in [0.3, 0.4) is 0 Å². The van der Waals surface area contributed by atoms with Crippen LogP contribution in [0.2, 0.25) is 0 Å². The largest absolute Gasteiger partial charge is 0.329 e. The van der Waals surface area contributed by atoms with Gasteiger partial charge in [0.1, 0.15) is 0 Å². The van der Waals surface area contributed by atoms with Crippen molar-refractivity contribution in [2.75, 3.05) is 32.7 Å². The summed E-state index contributed by atoms with van der Waals surface area (Å²) in [6, 6.07) is 1.51. The van der Waals surface area contributed by atoms with Gasteiger partial charge in [-0.15, -0.1) is 0 Å². The third-order valence-corrected chi connectivity index (χ3v) is 5.52. The molecular weight excluding hydrogens is 222 g/mol. The van der Waals surface area contributed by atoms with E-state index in [2.05, 4.69) is 9.80 Å². The molecule has 0 aromatic carbocycles. The Bertz CT molecular complexity index is 262. The highest BCUT2D eigenvalue weighted by Crippen LogP contribution is 2.32. The van der Waals surface area contributed by atoms with Crippen molar-refractivity contribution in [1.29, 1.82) is 0 Å². The summed E-state index contributed by atoms with van der Waals surface area (Å²) in [5.74, 6) is 0.894. The van der Waals surface area contributed by atoms with Gasteiger partial charge in [-0.25, -0.2) is 0 Å². The summed E-state index contributed by atoms with van der Waals surface area (Å²) in [7, 11) is 0. The molecule has 0 aromatic rings. The zero-order chi connectivity index (χ0) is 12.4. The first kappa shape index (κ1) is 12.9. The first-order chi connectivity index (χ1) is 8.88. The lowest BCUT2D eigenvalue weighted by Gasteiger charge is -2.47. The summed E-state index contributed by atoms with van der Waals surface area (Å²) in [4.78, 5) is 5.46. The van der Waals surface area contributed by atoms with Crippen LogP contribution in [0.1, 0.15) is 44.9 Å². The van der Waals surface area contributed by atoms with Gasteiger partial charge in [-0.2, -0.15) is 0 Å². The molecule has 0 aromatic heterocycles. The molecule has 1 aliphatic carbocycles. The number of hydrogen-bond acceptors (Lipinski definition) is 3. The Labute approximate surface area is 112 Å². The normalized spacial score (nSPS) is 33.5. The minimum absolute atomic E-state index is 0.677. The third-order valence-electron chi connectivity index (χ3n) is 5.52. The van der Waals surface area contributed by atoms with E-state index in [1.54, 1.807) is 0 Å². The molecule has 3 nitrogen and oxygen atoms in total. The highest BCUT2D eigenvalue weighted by atomic mass is 15.3. The van der Waals surface area contributed by atoms with Crippen LogP contribution in [-0.2, 0) is 0 Å². The van der Waals surface area contributed by atoms with Crippen LogP contribution in [0.25, 0.3) is 0 Å². The average Bonchev–Trinajstić information content (AvgIpc) is 2.93. The Morgan fingerprint density at radius 1 is 0.944 bits per heavy atom. The highest BCUT2D eigenvalue weighted by Gasteiger charge is 2.35. The molecule has 2 heterocycles. The highest BCUT2D eigenvalue weighted by molar-refractivity contribution is 4.91. The van der Waals surface area contributed by atoms with Crippen LogP contribution in [-0.4, -0.2) is 54.6 Å². The standard InChI is InChI=1S/C15H29N3/c16-11-15(13-5-1-2-6-13)18-10-9-17-8-4-3-7-14(17)12-18/h13-15H,1-12,16H2. The van der Waals surface area contributed by atoms with Crippen molar-refractivity contribution in [3.8, 4) is 0 Å². The second-order valence-electron chi connectivity index (χ2n) is 6.53. The number of hydrogen-bond donors (Lipinski definition) is 1. The summed E-state index contributed by atoms with van der Waals surface area (Å²) < 4.78 is 0. The molecule has 0 amide bonds. The van der Waals surface area contributed by atoms with Crippen molar-refractivity contribution in [2.45, 2.75) is 57.0 Å². The minimum atomic E-state index is 0.677. The van der Waals surface area contributed by atoms with E-state index in [0.717, 1.165) is 18.5 Å². The molecule has 1 saturated carbocycles. The molecule has 3 fully saturated rings. The lowest BCUT2D eigenvalue weighted by Crippen LogP contribution is -2.59. The fraction of sp³-hybridized carbons (Fsp3) is 1.00. The minimum Gasteiger partial charge on any atom is -0.329 e. The Hall–Kier alpha value is -0.120. The van der Waals surface area contributed by atoms with E-state index >= 15 is 0 Å². The fourth-order valence-corrected chi connectivity index (χ4v) is 4.46. The van der Waals surface area contributed by atoms with Gasteiger partial charge in [0.2, 0.25) is 0 Å². The molecule has 0 spiro atoms. The number of fused-ring (bicyclic) bond motifs is 1. The number of piperazine rings is 1. The van der Waals surface area contributed by atoms with E-state index in [9.17, 15) is 0 Å². The lowest BCUT2D eigenvalue weighted by molar-refractivity contribution is 0.0153. The smallest absolute Gasteiger partial charge is 0.0247 e. The summed E-state index contributed by atoms with van der Waals surface area (Å²) in [6.07, 6.45) is 9.98. The van der Waals surface area contributed by atoms with E-state index < -0.39 is 0 Å². The van der Waals surface area contributed by atoms with Crippen molar-refractivity contribution in [2.24, 2.45) is 11.7 Å². The Morgan fingerprint density at radius 2 is 1.72 bits per heavy atom. The van der Waals surface area contributed by atoms with Gasteiger partial charge in [-0.05, 0) is 38.1 Å². The van der Waals surface area contributed by atoms with Crippen LogP contribution < -0.4 is 5.73 Å². The van der Waals surface area contributed by atoms with Crippen molar-refractivity contribution in [3.05, 3.63) is 0 Å². The second kappa shape index (κ2) is 5.89. The van der Waals surface area contributed by atoms with Crippen LogP contribution >= 0.6 is 0 Å². The molecule has 2 aliphatic heterocycles. The van der Waals surface area contributed by atoms with Crippen LogP contribution in [0, 0.1) is 5.92 Å². The molecule has 2 N–H and O–H groups in total. The SMILES string of the molecule is NCC(C1CCCC1)N1CCN2CCCCC2C1. The molecule has 2 unspecified atom stereocenters. The first-order valence-corrected chi connectivity index (χ1v) is 8.06. The predicted octanol–water partition coefficient (Wildman–Crippen LogP) is 1.67. The molecule has 2 saturated heterocycles. The van der Waals surface area contributed by atoms with Gasteiger partial charge in [-0.3, -0.25) is 9.80 Å². The van der Waals surface area contributed by atoms with E-state index in [-0.39, 0.29) is 0 Å². The molecule has 0 bridgehead atoms. The molecule has 0 radical (unpaired) electrons. The third kappa shape index (κ3) is 2.59. The topological polar surface area (TPSA) is 32.5 Å². The first-order valence-electron chi connectivity index (χ1n) is 8.06. The lowest BCUT2D eigenvalue weighted by atomic mass is 9.93. The molecule has 104 valence electrons. The number of nitrogens with zero attached hydrogens (tertiary/aromatic N) is 2. The summed E-state index contributed by atoms with van der Waals surface area (Å²) >= 11 is 0. The second-order valence-corrected chi connectivity index (χ2v) is 6.53. The quantitative estimate of drug-likeness (QED) is 0.828. The van der Waals surface area contributed by atoms with Crippen molar-refractivity contribution in [1.82, 2.24) is 9.80 Å². The van der Waals surface area contributed by atoms with Crippen LogP contribution in [0.4, 0.5) is 0 Å². The van der Waals surface area contributed by atoms with Crippen LogP contribution in [0.5, 0.6) is 0 Å². The zero-order valence-electron chi connectivity index (χ0n) is 11.7. The van der Waals surface area contributed by atoms with Crippen molar-refractivity contribution < 1.29 is 0 Å². The van der Waals surface area contributed by atoms with Gasteiger partial charge in [0.05, 0.1) is 0 Å². The van der Waals surface area contributed by atoms with Gasteiger partial charge in [0.25, 0.3) is 0 Å². The molecule has 3 aliphatic rings. The number of rotatable bonds is 3. The average molecular weight is 251 g/mol. The van der Waals surface area contributed by atoms with Crippen LogP contribution in [0.15, 0.2) is 0 Å². The van der Waals surface area contributed by atoms with Gasteiger partial charge < -0.3 is 5.73 Å². The Kier molecular flexibility index (Phi) is 4.22. The molecular formula is C15H29N3. The van der Waals surface area contributed by atoms with E-state index in [1.165, 1.54) is 71.1 Å². The van der Waals surface area contributed by atoms with E-state index in [4.69, 9.17) is 5.73 Å². The van der Waals surface area contributed by atoms with Gasteiger partial charge >= 0.3 is 0 Å². The van der Waals surface area contributed by atoms with Gasteiger partial charge in [0.15, 0.2) is 0 Å². The molecule has 2 atom stereocenters. The molecule has 3 rings (SSSR count). The fourth-order valence-electron chi connectivity index (χ4n) is 4.46. The summed E-state index contributed by atoms with van der Waals surface area (Å²) in [5.41, 5.74) is 6.10. The maximum absolute atomic E-state index is 6.10. The van der Waals surface area contributed by atoms with Gasteiger partial charge in [-0.1, -0.05) is 19.3 Å². The van der Waals surface area contributed by atoms with Gasteiger partial charge in [0, 0.05) is 38.3 Å². The Balaban J connectivity index is 1.61.